The number of ketones is 1. The molecule has 0 spiro atoms. The number of likely N-dealkylation sites (N-methyl/N-ethyl adjacent to an activating group) is 1. The van der Waals surface area contributed by atoms with E-state index in [4.69, 9.17) is 0 Å². The van der Waals surface area contributed by atoms with Gasteiger partial charge in [-0.1, -0.05) is 42.8 Å². The van der Waals surface area contributed by atoms with Crippen LogP contribution in [0.4, 0.5) is 5.69 Å². The highest BCUT2D eigenvalue weighted by Gasteiger charge is 2.10. The number of benzene rings is 2. The Kier molecular flexibility index (Phi) is 4.57. The molecule has 0 heterocycles. The summed E-state index contributed by atoms with van der Waals surface area (Å²) in [5.74, 6) is 0.149. The van der Waals surface area contributed by atoms with Gasteiger partial charge in [-0.15, -0.1) is 0 Å². The minimum Gasteiger partial charge on any atom is -0.367 e. The lowest BCUT2D eigenvalue weighted by Gasteiger charge is -2.19. The van der Waals surface area contributed by atoms with Gasteiger partial charge in [0.15, 0.2) is 5.78 Å². The van der Waals surface area contributed by atoms with Crippen LogP contribution in [0.2, 0.25) is 0 Å². The van der Waals surface area contributed by atoms with Crippen LogP contribution in [-0.4, -0.2) is 19.4 Å². The monoisotopic (exact) mass is 267 g/mol. The number of carbonyl (C=O) groups excluding carboxylic acids is 1. The van der Waals surface area contributed by atoms with E-state index in [0.29, 0.717) is 6.54 Å². The van der Waals surface area contributed by atoms with Gasteiger partial charge in [0.1, 0.15) is 0 Å². The lowest BCUT2D eigenvalue weighted by Crippen LogP contribution is -2.25. The van der Waals surface area contributed by atoms with Gasteiger partial charge in [0.05, 0.1) is 6.54 Å². The Morgan fingerprint density at radius 3 is 2.40 bits per heavy atom. The van der Waals surface area contributed by atoms with Crippen LogP contribution < -0.4 is 4.90 Å². The highest BCUT2D eigenvalue weighted by Crippen LogP contribution is 2.15. The second kappa shape index (κ2) is 6.38. The van der Waals surface area contributed by atoms with Crippen molar-refractivity contribution in [3.05, 3.63) is 65.2 Å². The summed E-state index contributed by atoms with van der Waals surface area (Å²) in [6.45, 7) is 4.54. The van der Waals surface area contributed by atoms with E-state index in [9.17, 15) is 4.79 Å². The third-order valence-corrected chi connectivity index (χ3v) is 3.51. The molecule has 0 fully saturated rings. The average Bonchev–Trinajstić information content (AvgIpc) is 2.47. The number of hydrogen-bond acceptors (Lipinski definition) is 2. The molecule has 2 aromatic carbocycles. The SMILES string of the molecule is CCc1ccc(N(C)CC(=O)c2cccc(C)c2)cc1. The van der Waals surface area contributed by atoms with Gasteiger partial charge in [-0.25, -0.2) is 0 Å². The van der Waals surface area contributed by atoms with Gasteiger partial charge in [0, 0.05) is 18.3 Å². The smallest absolute Gasteiger partial charge is 0.182 e. The Morgan fingerprint density at radius 2 is 1.80 bits per heavy atom. The van der Waals surface area contributed by atoms with E-state index in [1.54, 1.807) is 0 Å². The Labute approximate surface area is 121 Å². The third-order valence-electron chi connectivity index (χ3n) is 3.51. The van der Waals surface area contributed by atoms with Crippen molar-refractivity contribution in [2.45, 2.75) is 20.3 Å². The maximum atomic E-state index is 12.3. The van der Waals surface area contributed by atoms with E-state index < -0.39 is 0 Å². The first-order chi connectivity index (χ1) is 9.60. The molecule has 2 nitrogen and oxygen atoms in total. The predicted octanol–water partition coefficient (Wildman–Crippen LogP) is 3.88. The summed E-state index contributed by atoms with van der Waals surface area (Å²) in [5.41, 5.74) is 4.28. The zero-order chi connectivity index (χ0) is 14.5. The lowest BCUT2D eigenvalue weighted by molar-refractivity contribution is 0.100. The number of carbonyl (C=O) groups is 1. The molecule has 0 aliphatic heterocycles. The first-order valence-corrected chi connectivity index (χ1v) is 7.00. The first-order valence-electron chi connectivity index (χ1n) is 7.00. The quantitative estimate of drug-likeness (QED) is 0.766. The summed E-state index contributed by atoms with van der Waals surface area (Å²) in [5, 5.41) is 0. The van der Waals surface area contributed by atoms with Crippen molar-refractivity contribution >= 4 is 11.5 Å². The van der Waals surface area contributed by atoms with E-state index in [-0.39, 0.29) is 5.78 Å². The molecule has 0 aliphatic rings. The van der Waals surface area contributed by atoms with Crippen molar-refractivity contribution in [2.24, 2.45) is 0 Å². The second-order valence-electron chi connectivity index (χ2n) is 5.17. The molecule has 0 amide bonds. The molecule has 0 bridgehead atoms. The van der Waals surface area contributed by atoms with Crippen LogP contribution in [0.25, 0.3) is 0 Å². The zero-order valence-corrected chi connectivity index (χ0v) is 12.4. The molecule has 0 saturated carbocycles. The predicted molar refractivity (Wildman–Crippen MR) is 84.6 cm³/mol. The highest BCUT2D eigenvalue weighted by atomic mass is 16.1. The van der Waals surface area contributed by atoms with Gasteiger partial charge in [-0.05, 0) is 37.1 Å². The summed E-state index contributed by atoms with van der Waals surface area (Å²) >= 11 is 0. The normalized spacial score (nSPS) is 10.3. The van der Waals surface area contributed by atoms with Gasteiger partial charge in [-0.3, -0.25) is 4.79 Å². The topological polar surface area (TPSA) is 20.3 Å². The van der Waals surface area contributed by atoms with Gasteiger partial charge in [0.25, 0.3) is 0 Å². The molecule has 0 aliphatic carbocycles. The van der Waals surface area contributed by atoms with Crippen LogP contribution in [0.5, 0.6) is 0 Å². The lowest BCUT2D eigenvalue weighted by atomic mass is 10.1. The van der Waals surface area contributed by atoms with E-state index in [1.807, 2.05) is 43.1 Å². The van der Waals surface area contributed by atoms with Crippen LogP contribution in [0, 0.1) is 6.92 Å². The number of aryl methyl sites for hydroxylation is 2. The van der Waals surface area contributed by atoms with Crippen molar-refractivity contribution in [1.82, 2.24) is 0 Å². The van der Waals surface area contributed by atoms with Gasteiger partial charge >= 0.3 is 0 Å². The van der Waals surface area contributed by atoms with E-state index in [2.05, 4.69) is 31.2 Å². The van der Waals surface area contributed by atoms with Crippen molar-refractivity contribution < 1.29 is 4.79 Å². The van der Waals surface area contributed by atoms with E-state index in [1.165, 1.54) is 5.56 Å². The number of hydrogen-bond donors (Lipinski definition) is 0. The standard InChI is InChI=1S/C18H21NO/c1-4-15-8-10-17(11-9-15)19(3)13-18(20)16-7-5-6-14(2)12-16/h5-12H,4,13H2,1-3H3. The van der Waals surface area contributed by atoms with Gasteiger partial charge < -0.3 is 4.90 Å². The second-order valence-corrected chi connectivity index (χ2v) is 5.17. The van der Waals surface area contributed by atoms with E-state index >= 15 is 0 Å². The summed E-state index contributed by atoms with van der Waals surface area (Å²) in [6.07, 6.45) is 1.03. The third kappa shape index (κ3) is 3.47. The maximum absolute atomic E-state index is 12.3. The van der Waals surface area contributed by atoms with Gasteiger partial charge in [-0.2, -0.15) is 0 Å². The maximum Gasteiger partial charge on any atom is 0.182 e. The molecule has 20 heavy (non-hydrogen) atoms. The molecule has 0 saturated heterocycles. The van der Waals surface area contributed by atoms with Crippen LogP contribution in [0.1, 0.15) is 28.4 Å². The summed E-state index contributed by atoms with van der Waals surface area (Å²) in [6, 6.07) is 16.1. The minimum absolute atomic E-state index is 0.149. The molecule has 0 N–H and O–H groups in total. The number of rotatable bonds is 5. The Morgan fingerprint density at radius 1 is 1.10 bits per heavy atom. The van der Waals surface area contributed by atoms with Gasteiger partial charge in [0.2, 0.25) is 0 Å². The van der Waals surface area contributed by atoms with Crippen LogP contribution in [0.15, 0.2) is 48.5 Å². The Hall–Kier alpha value is -2.09. The number of anilines is 1. The fraction of sp³-hybridized carbons (Fsp3) is 0.278. The van der Waals surface area contributed by atoms with Crippen LogP contribution in [0.3, 0.4) is 0 Å². The highest BCUT2D eigenvalue weighted by molar-refractivity contribution is 5.99. The molecular formula is C18H21NO. The van der Waals surface area contributed by atoms with Crippen molar-refractivity contribution in [2.75, 3.05) is 18.5 Å². The van der Waals surface area contributed by atoms with Crippen molar-refractivity contribution in [3.8, 4) is 0 Å². The first kappa shape index (κ1) is 14.3. The molecule has 0 atom stereocenters. The Balaban J connectivity index is 2.06. The van der Waals surface area contributed by atoms with Crippen molar-refractivity contribution in [3.63, 3.8) is 0 Å². The minimum atomic E-state index is 0.149. The number of nitrogens with zero attached hydrogens (tertiary/aromatic N) is 1. The molecular weight excluding hydrogens is 246 g/mol. The molecule has 104 valence electrons. The van der Waals surface area contributed by atoms with E-state index in [0.717, 1.165) is 23.2 Å². The Bertz CT molecular complexity index is 587. The van der Waals surface area contributed by atoms with Crippen LogP contribution in [-0.2, 0) is 6.42 Å². The average molecular weight is 267 g/mol. The molecule has 0 aromatic heterocycles. The molecule has 2 heteroatoms. The largest absolute Gasteiger partial charge is 0.367 e. The molecule has 0 radical (unpaired) electrons. The fourth-order valence-corrected chi connectivity index (χ4v) is 2.20. The molecule has 2 rings (SSSR count). The molecule has 2 aromatic rings. The van der Waals surface area contributed by atoms with Crippen molar-refractivity contribution in [1.29, 1.82) is 0 Å². The molecule has 0 unspecified atom stereocenters. The van der Waals surface area contributed by atoms with Crippen LogP contribution >= 0.6 is 0 Å². The summed E-state index contributed by atoms with van der Waals surface area (Å²) < 4.78 is 0. The number of Topliss-reactive ketones (excluding diaryl/α,β-unsaturated/α-hetero) is 1. The summed E-state index contributed by atoms with van der Waals surface area (Å²) in [7, 11) is 1.95. The fourth-order valence-electron chi connectivity index (χ4n) is 2.20. The zero-order valence-electron chi connectivity index (χ0n) is 12.4. The summed E-state index contributed by atoms with van der Waals surface area (Å²) in [4.78, 5) is 14.3.